The molecule has 1 aromatic rings. The molecule has 2 rings (SSSR count). The number of nitrogens with zero attached hydrogens (tertiary/aromatic N) is 2. The molecular weight excluding hydrogens is 320 g/mol. The molecule has 2 amide bonds. The van der Waals surface area contributed by atoms with Crippen LogP contribution in [0.25, 0.3) is 4.85 Å². The molecule has 5 nitrogen and oxygen atoms in total. The van der Waals surface area contributed by atoms with Crippen molar-refractivity contribution >= 4 is 40.2 Å². The molecule has 0 N–H and O–H groups in total. The van der Waals surface area contributed by atoms with Crippen LogP contribution in [-0.2, 0) is 4.74 Å². The molecule has 7 heteroatoms. The molecule has 0 saturated carbocycles. The zero-order valence-corrected chi connectivity index (χ0v) is 13.6. The molecule has 1 unspecified atom stereocenters. The minimum absolute atomic E-state index is 0.208. The van der Waals surface area contributed by atoms with Crippen LogP contribution in [0, 0.1) is 6.57 Å². The second-order valence-corrected chi connectivity index (χ2v) is 6.23. The number of benzene rings is 1. The first-order valence-corrected chi connectivity index (χ1v) is 8.02. The van der Waals surface area contributed by atoms with E-state index in [1.165, 1.54) is 4.90 Å². The molecule has 1 heterocycles. The molecule has 0 fully saturated rings. The molecule has 0 aliphatic carbocycles. The third kappa shape index (κ3) is 3.29. The normalized spacial score (nSPS) is 14.5. The van der Waals surface area contributed by atoms with Crippen LogP contribution in [0.15, 0.2) is 24.3 Å². The van der Waals surface area contributed by atoms with Gasteiger partial charge in [-0.25, -0.2) is 6.57 Å². The Kier molecular flexibility index (Phi) is 5.52. The summed E-state index contributed by atoms with van der Waals surface area (Å²) >= 11 is 6.23. The number of rotatable bonds is 5. The summed E-state index contributed by atoms with van der Waals surface area (Å²) in [6.45, 7) is 9.36. The first kappa shape index (κ1) is 16.5. The van der Waals surface area contributed by atoms with E-state index < -0.39 is 5.37 Å². The van der Waals surface area contributed by atoms with Crippen molar-refractivity contribution in [3.8, 4) is 0 Å². The Balaban J connectivity index is 2.25. The molecule has 1 aliphatic rings. The van der Waals surface area contributed by atoms with Gasteiger partial charge in [0.1, 0.15) is 5.37 Å². The summed E-state index contributed by atoms with van der Waals surface area (Å²) in [7, 11) is 0. The van der Waals surface area contributed by atoms with E-state index >= 15 is 0 Å². The maximum absolute atomic E-state index is 12.5. The van der Waals surface area contributed by atoms with Gasteiger partial charge in [0.2, 0.25) is 10.9 Å². The second kappa shape index (κ2) is 7.38. The second-order valence-electron chi connectivity index (χ2n) is 4.45. The maximum Gasteiger partial charge on any atom is 0.262 e. The maximum atomic E-state index is 12.5. The Labute approximate surface area is 138 Å². The standard InChI is InChI=1S/C15H14N2O3S2/c1-3-20-15(21)22-12(8-9-16-2)17-13(18)10-6-4-5-7-11(10)14(17)19/h4-7,12H,3,8-9H2,1H3. The van der Waals surface area contributed by atoms with Crippen LogP contribution < -0.4 is 0 Å². The highest BCUT2D eigenvalue weighted by Crippen LogP contribution is 2.31. The summed E-state index contributed by atoms with van der Waals surface area (Å²) in [6, 6.07) is 6.71. The van der Waals surface area contributed by atoms with Crippen molar-refractivity contribution < 1.29 is 14.3 Å². The number of thioether (sulfide) groups is 1. The summed E-state index contributed by atoms with van der Waals surface area (Å²) in [6.07, 6.45) is 0.354. The average Bonchev–Trinajstić information content (AvgIpc) is 2.76. The van der Waals surface area contributed by atoms with Crippen molar-refractivity contribution in [3.63, 3.8) is 0 Å². The summed E-state index contributed by atoms with van der Waals surface area (Å²) in [5.74, 6) is -0.690. The Morgan fingerprint density at radius 2 is 1.95 bits per heavy atom. The molecule has 1 aromatic carbocycles. The lowest BCUT2D eigenvalue weighted by atomic mass is 10.1. The third-order valence-electron chi connectivity index (χ3n) is 3.10. The first-order chi connectivity index (χ1) is 10.6. The van der Waals surface area contributed by atoms with Crippen molar-refractivity contribution in [2.24, 2.45) is 0 Å². The first-order valence-electron chi connectivity index (χ1n) is 6.73. The zero-order valence-electron chi connectivity index (χ0n) is 11.9. The fourth-order valence-electron chi connectivity index (χ4n) is 2.15. The topological polar surface area (TPSA) is 51.0 Å². The van der Waals surface area contributed by atoms with Crippen LogP contribution in [0.2, 0.25) is 0 Å². The molecule has 22 heavy (non-hydrogen) atoms. The van der Waals surface area contributed by atoms with Crippen LogP contribution in [-0.4, -0.2) is 39.6 Å². The molecular formula is C15H14N2O3S2. The summed E-state index contributed by atoms with van der Waals surface area (Å²) in [4.78, 5) is 29.5. The van der Waals surface area contributed by atoms with Crippen molar-refractivity contribution in [1.29, 1.82) is 0 Å². The quantitative estimate of drug-likeness (QED) is 0.471. The molecule has 0 bridgehead atoms. The van der Waals surface area contributed by atoms with Crippen molar-refractivity contribution in [2.45, 2.75) is 18.7 Å². The van der Waals surface area contributed by atoms with Gasteiger partial charge >= 0.3 is 0 Å². The molecule has 1 aliphatic heterocycles. The minimum atomic E-state index is -0.527. The molecule has 114 valence electrons. The minimum Gasteiger partial charge on any atom is -0.479 e. The van der Waals surface area contributed by atoms with Gasteiger partial charge in [0.05, 0.1) is 24.2 Å². The highest BCUT2D eigenvalue weighted by atomic mass is 32.2. The molecule has 0 aromatic heterocycles. The van der Waals surface area contributed by atoms with Gasteiger partial charge in [-0.2, -0.15) is 0 Å². The molecule has 0 spiro atoms. The van der Waals surface area contributed by atoms with Crippen LogP contribution in [0.3, 0.4) is 0 Å². The highest BCUT2D eigenvalue weighted by Gasteiger charge is 2.40. The van der Waals surface area contributed by atoms with Crippen molar-refractivity contribution in [1.82, 2.24) is 4.90 Å². The summed E-state index contributed by atoms with van der Waals surface area (Å²) in [5.41, 5.74) is 0.784. The van der Waals surface area contributed by atoms with Gasteiger partial charge in [0.15, 0.2) is 0 Å². The summed E-state index contributed by atoms with van der Waals surface area (Å²) in [5, 5.41) is -0.527. The number of ether oxygens (including phenoxy) is 1. The van der Waals surface area contributed by atoms with Gasteiger partial charge in [0.25, 0.3) is 11.8 Å². The van der Waals surface area contributed by atoms with Crippen molar-refractivity contribution in [3.05, 3.63) is 46.8 Å². The number of carbonyl (C=O) groups excluding carboxylic acids is 2. The van der Waals surface area contributed by atoms with Crippen LogP contribution in [0.1, 0.15) is 34.1 Å². The average molecular weight is 334 g/mol. The SMILES string of the molecule is [C-]#[N+]CCC(SC(=S)OCC)N1C(=O)c2ccccc2C1=O. The van der Waals surface area contributed by atoms with Crippen LogP contribution in [0.5, 0.6) is 0 Å². The van der Waals surface area contributed by atoms with E-state index in [2.05, 4.69) is 4.85 Å². The van der Waals surface area contributed by atoms with Gasteiger partial charge in [-0.15, -0.1) is 0 Å². The fourth-order valence-corrected chi connectivity index (χ4v) is 3.53. The molecule has 1 atom stereocenters. The van der Waals surface area contributed by atoms with Gasteiger partial charge in [0, 0.05) is 0 Å². The molecule has 0 saturated heterocycles. The Morgan fingerprint density at radius 3 is 2.45 bits per heavy atom. The fraction of sp³-hybridized carbons (Fsp3) is 0.333. The Hall–Kier alpha value is -1.91. The smallest absolute Gasteiger partial charge is 0.262 e. The Bertz CT molecular complexity index is 619. The van der Waals surface area contributed by atoms with E-state index in [0.717, 1.165) is 11.8 Å². The van der Waals surface area contributed by atoms with E-state index in [0.29, 0.717) is 24.2 Å². The summed E-state index contributed by atoms with van der Waals surface area (Å²) < 4.78 is 5.50. The van der Waals surface area contributed by atoms with E-state index in [9.17, 15) is 9.59 Å². The third-order valence-corrected chi connectivity index (χ3v) is 4.53. The van der Waals surface area contributed by atoms with Gasteiger partial charge in [-0.1, -0.05) is 23.9 Å². The zero-order chi connectivity index (χ0) is 16.1. The largest absolute Gasteiger partial charge is 0.479 e. The monoisotopic (exact) mass is 334 g/mol. The lowest BCUT2D eigenvalue weighted by Gasteiger charge is -2.24. The predicted octanol–water partition coefficient (Wildman–Crippen LogP) is 2.97. The highest BCUT2D eigenvalue weighted by molar-refractivity contribution is 8.23. The van der Waals surface area contributed by atoms with E-state index in [1.807, 2.05) is 6.92 Å². The number of thiocarbonyl (C=S) groups is 1. The van der Waals surface area contributed by atoms with Crippen LogP contribution in [0.4, 0.5) is 0 Å². The predicted molar refractivity (Wildman–Crippen MR) is 88.6 cm³/mol. The number of amides is 2. The number of imide groups is 1. The van der Waals surface area contributed by atoms with Gasteiger partial charge < -0.3 is 9.58 Å². The number of hydrogen-bond donors (Lipinski definition) is 0. The molecule has 0 radical (unpaired) electrons. The van der Waals surface area contributed by atoms with Gasteiger partial charge in [-0.05, 0) is 31.3 Å². The lowest BCUT2D eigenvalue weighted by molar-refractivity contribution is 0.0636. The number of hydrogen-bond acceptors (Lipinski definition) is 5. The number of fused-ring (bicyclic) bond motifs is 1. The van der Waals surface area contributed by atoms with E-state index in [1.54, 1.807) is 24.3 Å². The van der Waals surface area contributed by atoms with Gasteiger partial charge in [-0.3, -0.25) is 14.5 Å². The van der Waals surface area contributed by atoms with Crippen LogP contribution >= 0.6 is 24.0 Å². The Morgan fingerprint density at radius 1 is 1.36 bits per heavy atom. The number of carbonyl (C=O) groups is 2. The van der Waals surface area contributed by atoms with E-state index in [-0.39, 0.29) is 22.7 Å². The van der Waals surface area contributed by atoms with E-state index in [4.69, 9.17) is 23.5 Å². The lowest BCUT2D eigenvalue weighted by Crippen LogP contribution is -2.39. The van der Waals surface area contributed by atoms with Crippen molar-refractivity contribution in [2.75, 3.05) is 13.2 Å².